The first kappa shape index (κ1) is 12.4. The fourth-order valence-electron chi connectivity index (χ4n) is 1.62. The molecular formula is C12H10N4O3S. The molecule has 0 atom stereocenters. The molecule has 1 aromatic carbocycles. The van der Waals surface area contributed by atoms with Gasteiger partial charge in [0, 0.05) is 17.6 Å². The van der Waals surface area contributed by atoms with Crippen molar-refractivity contribution in [1.82, 2.24) is 15.0 Å². The molecule has 3 aromatic rings. The van der Waals surface area contributed by atoms with E-state index in [0.717, 1.165) is 5.52 Å². The molecule has 3 rings (SSSR count). The van der Waals surface area contributed by atoms with Gasteiger partial charge in [-0.25, -0.2) is 14.8 Å². The molecule has 7 nitrogen and oxygen atoms in total. The Balaban J connectivity index is 1.85. The first-order valence-corrected chi connectivity index (χ1v) is 6.54. The second-order valence-corrected chi connectivity index (χ2v) is 4.64. The maximum atomic E-state index is 11.1. The topological polar surface area (TPSA) is 89.1 Å². The zero-order valence-electron chi connectivity index (χ0n) is 10.4. The van der Waals surface area contributed by atoms with Crippen LogP contribution in [0, 0.1) is 0 Å². The summed E-state index contributed by atoms with van der Waals surface area (Å²) in [5, 5.41) is 4.87. The molecule has 8 heteroatoms. The minimum atomic E-state index is -0.580. The van der Waals surface area contributed by atoms with E-state index in [9.17, 15) is 4.79 Å². The highest BCUT2D eigenvalue weighted by Gasteiger charge is 2.08. The summed E-state index contributed by atoms with van der Waals surface area (Å²) in [5.41, 5.74) is 1.45. The Kier molecular flexibility index (Phi) is 3.21. The summed E-state index contributed by atoms with van der Waals surface area (Å²) in [5.74, 6) is 0.957. The smallest absolute Gasteiger partial charge is 0.413 e. The highest BCUT2D eigenvalue weighted by Crippen LogP contribution is 2.26. The van der Waals surface area contributed by atoms with Crippen molar-refractivity contribution < 1.29 is 14.3 Å². The molecule has 0 aliphatic rings. The number of amides is 1. The first-order chi connectivity index (χ1) is 9.74. The molecular weight excluding hydrogens is 280 g/mol. The van der Waals surface area contributed by atoms with Crippen molar-refractivity contribution in [1.29, 1.82) is 0 Å². The average Bonchev–Trinajstić information content (AvgIpc) is 3.07. The van der Waals surface area contributed by atoms with Crippen molar-refractivity contribution in [3.8, 4) is 10.9 Å². The summed E-state index contributed by atoms with van der Waals surface area (Å²) in [6.45, 7) is 0. The van der Waals surface area contributed by atoms with E-state index in [-0.39, 0.29) is 0 Å². The molecule has 0 radical (unpaired) electrons. The largest absolute Gasteiger partial charge is 0.453 e. The first-order valence-electron chi connectivity index (χ1n) is 5.66. The number of rotatable bonds is 3. The molecule has 20 heavy (non-hydrogen) atoms. The van der Waals surface area contributed by atoms with Crippen LogP contribution < -0.4 is 10.1 Å². The molecule has 2 N–H and O–H groups in total. The van der Waals surface area contributed by atoms with Crippen molar-refractivity contribution in [3.05, 3.63) is 29.8 Å². The Hall–Kier alpha value is -2.61. The van der Waals surface area contributed by atoms with E-state index in [0.29, 0.717) is 22.4 Å². The predicted octanol–water partition coefficient (Wildman–Crippen LogP) is 2.99. The van der Waals surface area contributed by atoms with Gasteiger partial charge in [-0.1, -0.05) is 11.3 Å². The van der Waals surface area contributed by atoms with Crippen LogP contribution in [0.1, 0.15) is 0 Å². The molecule has 0 fully saturated rings. The van der Waals surface area contributed by atoms with Gasteiger partial charge >= 0.3 is 6.09 Å². The van der Waals surface area contributed by atoms with Crippen LogP contribution >= 0.6 is 11.3 Å². The number of carbonyl (C=O) groups excluding carboxylic acids is 1. The summed E-state index contributed by atoms with van der Waals surface area (Å²) < 4.78 is 10.1. The van der Waals surface area contributed by atoms with Crippen LogP contribution in [0.4, 0.5) is 10.7 Å². The molecule has 102 valence electrons. The Morgan fingerprint density at radius 3 is 3.10 bits per heavy atom. The van der Waals surface area contributed by atoms with Gasteiger partial charge in [0.15, 0.2) is 0 Å². The van der Waals surface area contributed by atoms with Crippen LogP contribution in [0.25, 0.3) is 11.0 Å². The van der Waals surface area contributed by atoms with Gasteiger partial charge in [-0.15, -0.1) is 0 Å². The number of methoxy groups -OCH3 is 1. The minimum Gasteiger partial charge on any atom is -0.453 e. The Morgan fingerprint density at radius 1 is 1.45 bits per heavy atom. The van der Waals surface area contributed by atoms with Gasteiger partial charge in [0.25, 0.3) is 5.19 Å². The van der Waals surface area contributed by atoms with Crippen molar-refractivity contribution in [2.45, 2.75) is 0 Å². The van der Waals surface area contributed by atoms with E-state index in [1.807, 2.05) is 5.38 Å². The third-order valence-electron chi connectivity index (χ3n) is 2.47. The molecule has 2 aromatic heterocycles. The Bertz CT molecular complexity index is 738. The molecule has 0 spiro atoms. The highest BCUT2D eigenvalue weighted by molar-refractivity contribution is 7.11. The standard InChI is InChI=1S/C12H10N4O3S/c1-18-11(17)16-10-14-8-3-2-7(6-9(8)15-10)19-12-13-4-5-20-12/h2-6H,1H3,(H2,14,15,16,17). The van der Waals surface area contributed by atoms with Crippen LogP contribution in [0.5, 0.6) is 10.9 Å². The number of nitrogens with zero attached hydrogens (tertiary/aromatic N) is 2. The maximum Gasteiger partial charge on any atom is 0.413 e. The van der Waals surface area contributed by atoms with Crippen molar-refractivity contribution in [3.63, 3.8) is 0 Å². The third-order valence-corrected chi connectivity index (χ3v) is 3.12. The van der Waals surface area contributed by atoms with E-state index in [4.69, 9.17) is 4.74 Å². The second kappa shape index (κ2) is 5.17. The number of aromatic nitrogens is 3. The molecule has 0 unspecified atom stereocenters. The molecule has 0 saturated carbocycles. The summed E-state index contributed by atoms with van der Waals surface area (Å²) in [4.78, 5) is 22.3. The van der Waals surface area contributed by atoms with Gasteiger partial charge < -0.3 is 14.5 Å². The number of ether oxygens (including phenoxy) is 2. The number of aromatic amines is 1. The molecule has 0 aliphatic carbocycles. The lowest BCUT2D eigenvalue weighted by Gasteiger charge is -2.00. The number of fused-ring (bicyclic) bond motifs is 1. The summed E-state index contributed by atoms with van der Waals surface area (Å²) >= 11 is 1.41. The molecule has 0 aliphatic heterocycles. The van der Waals surface area contributed by atoms with Crippen molar-refractivity contribution in [2.24, 2.45) is 0 Å². The van der Waals surface area contributed by atoms with E-state index < -0.39 is 6.09 Å². The minimum absolute atomic E-state index is 0.318. The second-order valence-electron chi connectivity index (χ2n) is 3.78. The zero-order valence-corrected chi connectivity index (χ0v) is 11.2. The van der Waals surface area contributed by atoms with Gasteiger partial charge in [0.1, 0.15) is 5.75 Å². The quantitative estimate of drug-likeness (QED) is 0.774. The Morgan fingerprint density at radius 2 is 2.35 bits per heavy atom. The van der Waals surface area contributed by atoms with E-state index in [1.165, 1.54) is 18.4 Å². The lowest BCUT2D eigenvalue weighted by molar-refractivity contribution is 0.186. The SMILES string of the molecule is COC(=O)Nc1nc2ccc(Oc3nccs3)cc2[nH]1. The maximum absolute atomic E-state index is 11.1. The van der Waals surface area contributed by atoms with E-state index in [1.54, 1.807) is 24.4 Å². The van der Waals surface area contributed by atoms with E-state index >= 15 is 0 Å². The molecule has 2 heterocycles. The number of carbonyl (C=O) groups is 1. The number of benzene rings is 1. The monoisotopic (exact) mass is 290 g/mol. The number of nitrogens with one attached hydrogen (secondary N) is 2. The van der Waals surface area contributed by atoms with Gasteiger partial charge in [-0.05, 0) is 12.1 Å². The summed E-state index contributed by atoms with van der Waals surface area (Å²) in [7, 11) is 1.29. The van der Waals surface area contributed by atoms with E-state index in [2.05, 4.69) is 25.0 Å². The highest BCUT2D eigenvalue weighted by atomic mass is 32.1. The number of hydrogen-bond acceptors (Lipinski definition) is 6. The number of anilines is 1. The fraction of sp³-hybridized carbons (Fsp3) is 0.0833. The lowest BCUT2D eigenvalue weighted by atomic mass is 10.3. The average molecular weight is 290 g/mol. The van der Waals surface area contributed by atoms with Crippen LogP contribution in [0.3, 0.4) is 0 Å². The van der Waals surface area contributed by atoms with Crippen LogP contribution in [-0.2, 0) is 4.74 Å². The van der Waals surface area contributed by atoms with Crippen LogP contribution in [-0.4, -0.2) is 28.2 Å². The van der Waals surface area contributed by atoms with Gasteiger partial charge in [0.2, 0.25) is 5.95 Å². The number of H-pyrrole nitrogens is 1. The zero-order chi connectivity index (χ0) is 13.9. The van der Waals surface area contributed by atoms with Gasteiger partial charge in [0.05, 0.1) is 18.1 Å². The fourth-order valence-corrected chi connectivity index (χ4v) is 2.12. The number of hydrogen-bond donors (Lipinski definition) is 2. The number of imidazole rings is 1. The van der Waals surface area contributed by atoms with Crippen molar-refractivity contribution in [2.75, 3.05) is 12.4 Å². The lowest BCUT2D eigenvalue weighted by Crippen LogP contribution is -2.11. The molecule has 0 bridgehead atoms. The van der Waals surface area contributed by atoms with Crippen molar-refractivity contribution >= 4 is 34.4 Å². The third kappa shape index (κ3) is 2.54. The summed E-state index contributed by atoms with van der Waals surface area (Å²) in [6.07, 6.45) is 1.09. The molecule has 1 amide bonds. The van der Waals surface area contributed by atoms with Crippen LogP contribution in [0.2, 0.25) is 0 Å². The van der Waals surface area contributed by atoms with Crippen LogP contribution in [0.15, 0.2) is 29.8 Å². The normalized spacial score (nSPS) is 10.4. The Labute approximate surface area is 117 Å². The predicted molar refractivity (Wildman–Crippen MR) is 74.3 cm³/mol. The van der Waals surface area contributed by atoms with Gasteiger partial charge in [-0.3, -0.25) is 5.32 Å². The van der Waals surface area contributed by atoms with Gasteiger partial charge in [-0.2, -0.15) is 0 Å². The number of thiazole rings is 1. The summed E-state index contributed by atoms with van der Waals surface area (Å²) in [6, 6.07) is 5.36. The molecule has 0 saturated heterocycles.